The van der Waals surface area contributed by atoms with Crippen LogP contribution in [0.25, 0.3) is 90.9 Å². The Morgan fingerprint density at radius 2 is 0.722 bits per heavy atom. The van der Waals surface area contributed by atoms with Gasteiger partial charge in [-0.05, 0) is 77.4 Å². The van der Waals surface area contributed by atoms with Crippen molar-refractivity contribution >= 4 is 69.6 Å². The summed E-state index contributed by atoms with van der Waals surface area (Å²) in [5.41, 5.74) is 14.4. The predicted molar refractivity (Wildman–Crippen MR) is 214 cm³/mol. The molecule has 54 heavy (non-hydrogen) atoms. The Hall–Kier alpha value is -5.63. The fraction of sp³-hybridized carbons (Fsp3) is 0.0682. The van der Waals surface area contributed by atoms with Gasteiger partial charge in [-0.2, -0.15) is 0 Å². The number of H-pyrrole nitrogens is 2. The Labute approximate surface area is 333 Å². The molecule has 10 heteroatoms. The second-order valence-electron chi connectivity index (χ2n) is 13.4. The Kier molecular flexibility index (Phi) is 9.38. The minimum Gasteiger partial charge on any atom is -0.354 e. The molecule has 0 saturated carbocycles. The van der Waals surface area contributed by atoms with E-state index in [0.29, 0.717) is 15.6 Å². The van der Waals surface area contributed by atoms with Crippen molar-refractivity contribution in [1.29, 1.82) is 0 Å². The molecule has 0 amide bonds. The SMILES string of the molecule is C[n+]1ccc(-c2c3nc(c(-c4c(Cl)cccc4Cl)c4nc(c(-c5cc[n+](C)cc5)c5ccc([nH]5)c(-c5cc[n+](C)cc5)c5ccc2[nH]5)C=C4)C=C3)cc1.[Fe+3]. The van der Waals surface area contributed by atoms with Gasteiger partial charge in [-0.25, -0.2) is 23.7 Å². The average molecular weight is 788 g/mol. The number of halogens is 2. The minimum atomic E-state index is 0. The number of nitrogens with one attached hydrogen (secondary N) is 2. The summed E-state index contributed by atoms with van der Waals surface area (Å²) in [7, 11) is 6.06. The van der Waals surface area contributed by atoms with E-state index in [1.54, 1.807) is 0 Å². The number of hydrogen-bond donors (Lipinski definition) is 2. The van der Waals surface area contributed by atoms with Crippen LogP contribution in [0.5, 0.6) is 0 Å². The summed E-state index contributed by atoms with van der Waals surface area (Å²) < 4.78 is 6.09. The van der Waals surface area contributed by atoms with Gasteiger partial charge in [0.15, 0.2) is 37.2 Å². The number of aryl methyl sites for hydroxylation is 3. The number of aromatic nitrogens is 7. The van der Waals surface area contributed by atoms with E-state index in [1.807, 2.05) is 90.0 Å². The first kappa shape index (κ1) is 35.4. The van der Waals surface area contributed by atoms with Gasteiger partial charge in [0.2, 0.25) is 0 Å². The fourth-order valence-electron chi connectivity index (χ4n) is 7.12. The van der Waals surface area contributed by atoms with Gasteiger partial charge in [0, 0.05) is 86.3 Å². The van der Waals surface area contributed by atoms with Gasteiger partial charge in [-0.15, -0.1) is 0 Å². The molecule has 261 valence electrons. The molecule has 8 heterocycles. The zero-order valence-electron chi connectivity index (χ0n) is 29.6. The summed E-state index contributed by atoms with van der Waals surface area (Å²) in [5, 5.41) is 1.05. The third-order valence-electron chi connectivity index (χ3n) is 9.77. The molecule has 0 spiro atoms. The van der Waals surface area contributed by atoms with Gasteiger partial charge < -0.3 is 9.97 Å². The van der Waals surface area contributed by atoms with Crippen molar-refractivity contribution in [3.63, 3.8) is 0 Å². The molecule has 2 aliphatic rings. The first-order valence-electron chi connectivity index (χ1n) is 17.3. The van der Waals surface area contributed by atoms with E-state index in [4.69, 9.17) is 33.2 Å². The van der Waals surface area contributed by atoms with Gasteiger partial charge in [0.1, 0.15) is 21.1 Å². The smallest absolute Gasteiger partial charge is 0.354 e. The van der Waals surface area contributed by atoms with Gasteiger partial charge in [0.05, 0.1) is 32.8 Å². The predicted octanol–water partition coefficient (Wildman–Crippen LogP) is 9.10. The molecule has 0 unspecified atom stereocenters. The number of hydrogen-bond acceptors (Lipinski definition) is 2. The number of nitrogens with zero attached hydrogens (tertiary/aromatic N) is 5. The first-order chi connectivity index (χ1) is 25.8. The number of pyridine rings is 3. The molecule has 1 radical (unpaired) electrons. The van der Waals surface area contributed by atoms with Gasteiger partial charge in [0.25, 0.3) is 0 Å². The molecule has 0 atom stereocenters. The Balaban J connectivity index is 0.00000413. The van der Waals surface area contributed by atoms with E-state index in [9.17, 15) is 0 Å². The quantitative estimate of drug-likeness (QED) is 0.138. The molecule has 0 fully saturated rings. The normalized spacial score (nSPS) is 11.9. The van der Waals surface area contributed by atoms with Crippen molar-refractivity contribution in [1.82, 2.24) is 19.9 Å². The van der Waals surface area contributed by atoms with Crippen molar-refractivity contribution in [3.05, 3.63) is 149 Å². The van der Waals surface area contributed by atoms with Crippen molar-refractivity contribution in [3.8, 4) is 44.5 Å². The van der Waals surface area contributed by atoms with Crippen LogP contribution in [0, 0.1) is 0 Å². The molecule has 8 bridgehead atoms. The molecule has 0 aliphatic carbocycles. The van der Waals surface area contributed by atoms with Crippen LogP contribution in [0.2, 0.25) is 10.0 Å². The number of aromatic amines is 2. The van der Waals surface area contributed by atoms with Crippen molar-refractivity contribution in [2.45, 2.75) is 0 Å². The van der Waals surface area contributed by atoms with E-state index in [1.165, 1.54) is 0 Å². The third kappa shape index (κ3) is 6.37. The van der Waals surface area contributed by atoms with Crippen LogP contribution >= 0.6 is 23.2 Å². The van der Waals surface area contributed by atoms with Gasteiger partial charge in [-0.3, -0.25) is 0 Å². The van der Waals surface area contributed by atoms with E-state index in [-0.39, 0.29) is 17.1 Å². The Bertz CT molecular complexity index is 2650. The second-order valence-corrected chi connectivity index (χ2v) is 14.2. The van der Waals surface area contributed by atoms with Gasteiger partial charge in [-0.1, -0.05) is 29.3 Å². The fourth-order valence-corrected chi connectivity index (χ4v) is 7.71. The van der Waals surface area contributed by atoms with Crippen LogP contribution in [0.4, 0.5) is 0 Å². The van der Waals surface area contributed by atoms with Crippen LogP contribution < -0.4 is 13.7 Å². The van der Waals surface area contributed by atoms with E-state index >= 15 is 0 Å². The summed E-state index contributed by atoms with van der Waals surface area (Å²) in [6, 6.07) is 26.9. The molecule has 6 aromatic heterocycles. The maximum absolute atomic E-state index is 6.95. The maximum Gasteiger partial charge on any atom is 3.00 e. The largest absolute Gasteiger partial charge is 3.00 e. The maximum atomic E-state index is 6.95. The molecule has 7 nitrogen and oxygen atoms in total. The number of fused-ring (bicyclic) bond motifs is 8. The molecule has 2 N–H and O–H groups in total. The molecule has 0 saturated heterocycles. The van der Waals surface area contributed by atoms with Crippen molar-refractivity contribution in [2.75, 3.05) is 0 Å². The summed E-state index contributed by atoms with van der Waals surface area (Å²) >= 11 is 13.9. The summed E-state index contributed by atoms with van der Waals surface area (Å²) in [6.45, 7) is 0. The molecule has 2 aliphatic heterocycles. The monoisotopic (exact) mass is 786 g/mol. The van der Waals surface area contributed by atoms with E-state index in [2.05, 4.69) is 95.2 Å². The first-order valence-corrected chi connectivity index (χ1v) is 18.0. The van der Waals surface area contributed by atoms with E-state index < -0.39 is 0 Å². The van der Waals surface area contributed by atoms with Crippen LogP contribution in [0.15, 0.2) is 116 Å². The zero-order chi connectivity index (χ0) is 36.2. The third-order valence-corrected chi connectivity index (χ3v) is 10.4. The minimum absolute atomic E-state index is 0. The average Bonchev–Trinajstić information content (AvgIpc) is 3.99. The van der Waals surface area contributed by atoms with Crippen LogP contribution in [0.1, 0.15) is 22.8 Å². The van der Waals surface area contributed by atoms with Crippen LogP contribution in [-0.2, 0) is 38.2 Å². The Morgan fingerprint density at radius 3 is 1.09 bits per heavy atom. The van der Waals surface area contributed by atoms with Crippen molar-refractivity contribution in [2.24, 2.45) is 21.1 Å². The van der Waals surface area contributed by atoms with Gasteiger partial charge >= 0.3 is 17.1 Å². The Morgan fingerprint density at radius 1 is 0.407 bits per heavy atom. The second kappa shape index (κ2) is 14.3. The molecule has 9 rings (SSSR count). The standard InChI is InChI=1S/C44H33Cl2N7.Fe/c1-51-21-15-27(16-22-51)40-32-7-9-34(47-32)41(28-17-23-52(2)24-18-28)36-11-13-38(49-36)44(43-30(45)5-4-6-31(43)46)39-14-12-37(50-39)42(35-10-8-33(40)48-35)29-19-25-53(3)26-20-29;/h4-26H,1-3H3,(H,47,48,49,50);/q+2;+3/p+1. The van der Waals surface area contributed by atoms with Crippen molar-refractivity contribution < 1.29 is 30.8 Å². The molecule has 7 aromatic rings. The summed E-state index contributed by atoms with van der Waals surface area (Å²) in [5.74, 6) is 0. The van der Waals surface area contributed by atoms with Crippen LogP contribution in [0.3, 0.4) is 0 Å². The molecule has 1 aromatic carbocycles. The zero-order valence-corrected chi connectivity index (χ0v) is 32.2. The van der Waals surface area contributed by atoms with Crippen LogP contribution in [-0.4, -0.2) is 19.9 Å². The van der Waals surface area contributed by atoms with E-state index in [0.717, 1.165) is 83.8 Å². The number of benzene rings is 1. The number of rotatable bonds is 4. The molecular formula is C44H34Cl2FeN7+6. The summed E-state index contributed by atoms with van der Waals surface area (Å²) in [6.07, 6.45) is 20.5. The molecular weight excluding hydrogens is 753 g/mol. The topological polar surface area (TPSA) is 69.0 Å². The summed E-state index contributed by atoms with van der Waals surface area (Å²) in [4.78, 5) is 18.3.